The van der Waals surface area contributed by atoms with E-state index in [0.29, 0.717) is 5.56 Å². The quantitative estimate of drug-likeness (QED) is 0.909. The highest BCUT2D eigenvalue weighted by Gasteiger charge is 2.27. The second kappa shape index (κ2) is 6.22. The zero-order chi connectivity index (χ0) is 14.8. The van der Waals surface area contributed by atoms with Gasteiger partial charge in [0.25, 0.3) is 0 Å². The number of nitrogens with zero attached hydrogens (tertiary/aromatic N) is 1. The van der Waals surface area contributed by atoms with Gasteiger partial charge in [-0.1, -0.05) is 31.5 Å². The van der Waals surface area contributed by atoms with E-state index in [1.807, 2.05) is 20.8 Å². The second-order valence-corrected chi connectivity index (χ2v) is 7.32. The average Bonchev–Trinajstić information content (AvgIpc) is 2.36. The van der Waals surface area contributed by atoms with Crippen LogP contribution in [0.5, 0.6) is 0 Å². The van der Waals surface area contributed by atoms with Crippen molar-refractivity contribution in [3.63, 3.8) is 0 Å². The Morgan fingerprint density at radius 1 is 1.32 bits per heavy atom. The van der Waals surface area contributed by atoms with Crippen molar-refractivity contribution in [3.8, 4) is 0 Å². The van der Waals surface area contributed by atoms with E-state index in [1.165, 1.54) is 22.5 Å². The van der Waals surface area contributed by atoms with Crippen molar-refractivity contribution in [1.82, 2.24) is 4.31 Å². The fraction of sp³-hybridized carbons (Fsp3) is 0.538. The molecule has 108 valence electrons. The second-order valence-electron chi connectivity index (χ2n) is 4.92. The first-order chi connectivity index (χ1) is 8.71. The lowest BCUT2D eigenvalue weighted by Crippen LogP contribution is -2.38. The van der Waals surface area contributed by atoms with Crippen LogP contribution < -0.4 is 0 Å². The highest BCUT2D eigenvalue weighted by Crippen LogP contribution is 2.25. The topological polar surface area (TPSA) is 57.6 Å². The number of halogens is 1. The van der Waals surface area contributed by atoms with Gasteiger partial charge in [-0.3, -0.25) is 0 Å². The smallest absolute Gasteiger partial charge is 0.243 e. The molecular weight excluding hydrogens is 286 g/mol. The monoisotopic (exact) mass is 305 g/mol. The maximum Gasteiger partial charge on any atom is 0.243 e. The van der Waals surface area contributed by atoms with Crippen LogP contribution in [0.3, 0.4) is 0 Å². The van der Waals surface area contributed by atoms with Crippen LogP contribution in [-0.4, -0.2) is 30.9 Å². The lowest BCUT2D eigenvalue weighted by molar-refractivity contribution is 0.282. The zero-order valence-electron chi connectivity index (χ0n) is 11.6. The fourth-order valence-corrected chi connectivity index (χ4v) is 3.45. The van der Waals surface area contributed by atoms with E-state index in [-0.39, 0.29) is 28.5 Å². The molecule has 1 N–H and O–H groups in total. The van der Waals surface area contributed by atoms with E-state index >= 15 is 0 Å². The van der Waals surface area contributed by atoms with E-state index in [1.54, 1.807) is 7.05 Å². The van der Waals surface area contributed by atoms with Crippen molar-refractivity contribution in [2.45, 2.75) is 38.3 Å². The third-order valence-electron chi connectivity index (χ3n) is 3.41. The molecule has 6 heteroatoms. The average molecular weight is 306 g/mol. The summed E-state index contributed by atoms with van der Waals surface area (Å²) < 4.78 is 26.2. The molecule has 1 unspecified atom stereocenters. The SMILES string of the molecule is CC(C)C(C)N(C)S(=O)(=O)c1ccc(CO)c(Cl)c1. The summed E-state index contributed by atoms with van der Waals surface area (Å²) in [5, 5.41) is 9.30. The molecule has 0 radical (unpaired) electrons. The van der Waals surface area contributed by atoms with Crippen LogP contribution in [0.1, 0.15) is 26.3 Å². The van der Waals surface area contributed by atoms with Gasteiger partial charge in [0.2, 0.25) is 10.0 Å². The van der Waals surface area contributed by atoms with Crippen LogP contribution in [0.2, 0.25) is 5.02 Å². The Labute approximate surface area is 120 Å². The Kier molecular flexibility index (Phi) is 5.38. The molecule has 4 nitrogen and oxygen atoms in total. The molecule has 0 fully saturated rings. The molecule has 0 aliphatic rings. The first-order valence-electron chi connectivity index (χ1n) is 6.09. The van der Waals surface area contributed by atoms with Crippen molar-refractivity contribution < 1.29 is 13.5 Å². The summed E-state index contributed by atoms with van der Waals surface area (Å²) in [4.78, 5) is 0.143. The van der Waals surface area contributed by atoms with E-state index in [4.69, 9.17) is 16.7 Å². The molecule has 0 aromatic heterocycles. The number of hydrogen-bond acceptors (Lipinski definition) is 3. The van der Waals surface area contributed by atoms with Gasteiger partial charge in [0, 0.05) is 18.1 Å². The number of hydrogen-bond donors (Lipinski definition) is 1. The molecule has 1 aromatic carbocycles. The number of aliphatic hydroxyl groups excluding tert-OH is 1. The van der Waals surface area contributed by atoms with Crippen molar-refractivity contribution in [2.75, 3.05) is 7.05 Å². The summed E-state index contributed by atoms with van der Waals surface area (Å²) in [6.45, 7) is 5.60. The van der Waals surface area contributed by atoms with Crippen LogP contribution in [0.25, 0.3) is 0 Å². The fourth-order valence-electron chi connectivity index (χ4n) is 1.62. The lowest BCUT2D eigenvalue weighted by atomic mass is 10.1. The summed E-state index contributed by atoms with van der Waals surface area (Å²) in [7, 11) is -2.00. The van der Waals surface area contributed by atoms with Gasteiger partial charge in [0.15, 0.2) is 0 Å². The Hall–Kier alpha value is -0.620. The van der Waals surface area contributed by atoms with Gasteiger partial charge in [-0.25, -0.2) is 8.42 Å². The van der Waals surface area contributed by atoms with Crippen molar-refractivity contribution in [3.05, 3.63) is 28.8 Å². The van der Waals surface area contributed by atoms with Crippen molar-refractivity contribution >= 4 is 21.6 Å². The minimum absolute atomic E-state index is 0.110. The predicted octanol–water partition coefficient (Wildman–Crippen LogP) is 2.50. The van der Waals surface area contributed by atoms with Crippen molar-refractivity contribution in [2.24, 2.45) is 5.92 Å². The molecule has 1 aromatic rings. The third-order valence-corrected chi connectivity index (χ3v) is 5.70. The van der Waals surface area contributed by atoms with Crippen molar-refractivity contribution in [1.29, 1.82) is 0 Å². The van der Waals surface area contributed by atoms with Gasteiger partial charge in [-0.15, -0.1) is 0 Å². The maximum atomic E-state index is 12.4. The Bertz CT molecular complexity index is 543. The molecule has 0 heterocycles. The highest BCUT2D eigenvalue weighted by atomic mass is 35.5. The van der Waals surface area contributed by atoms with Crippen LogP contribution in [0.4, 0.5) is 0 Å². The molecule has 0 saturated heterocycles. The molecule has 0 bridgehead atoms. The molecule has 1 atom stereocenters. The lowest BCUT2D eigenvalue weighted by Gasteiger charge is -2.27. The van der Waals surface area contributed by atoms with Gasteiger partial charge in [0.1, 0.15) is 0 Å². The predicted molar refractivity (Wildman–Crippen MR) is 76.6 cm³/mol. The van der Waals surface area contributed by atoms with Gasteiger partial charge in [0.05, 0.1) is 11.5 Å². The zero-order valence-corrected chi connectivity index (χ0v) is 13.2. The van der Waals surface area contributed by atoms with Gasteiger partial charge < -0.3 is 5.11 Å². The molecule has 0 amide bonds. The molecule has 1 rings (SSSR count). The number of sulfonamides is 1. The van der Waals surface area contributed by atoms with E-state index in [0.717, 1.165) is 0 Å². The molecule has 0 saturated carbocycles. The molecule has 19 heavy (non-hydrogen) atoms. The van der Waals surface area contributed by atoms with Crippen LogP contribution in [0.15, 0.2) is 23.1 Å². The first kappa shape index (κ1) is 16.4. The molecular formula is C13H20ClNO3S. The van der Waals surface area contributed by atoms with Crippen LogP contribution in [0, 0.1) is 5.92 Å². The largest absolute Gasteiger partial charge is 0.392 e. The first-order valence-corrected chi connectivity index (χ1v) is 7.91. The Morgan fingerprint density at radius 2 is 1.89 bits per heavy atom. The summed E-state index contributed by atoms with van der Waals surface area (Å²) in [5.74, 6) is 0.215. The van der Waals surface area contributed by atoms with Gasteiger partial charge in [-0.05, 0) is 30.5 Å². The summed E-state index contributed by atoms with van der Waals surface area (Å²) >= 11 is 5.94. The molecule has 0 spiro atoms. The number of aliphatic hydroxyl groups is 1. The normalized spacial score (nSPS) is 14.1. The summed E-state index contributed by atoms with van der Waals surface area (Å²) in [5.41, 5.74) is 0.514. The minimum atomic E-state index is -3.56. The maximum absolute atomic E-state index is 12.4. The summed E-state index contributed by atoms with van der Waals surface area (Å²) in [6, 6.07) is 4.27. The number of rotatable bonds is 5. The molecule has 0 aliphatic heterocycles. The minimum Gasteiger partial charge on any atom is -0.392 e. The highest BCUT2D eigenvalue weighted by molar-refractivity contribution is 7.89. The third kappa shape index (κ3) is 3.48. The standard InChI is InChI=1S/C13H20ClNO3S/c1-9(2)10(3)15(4)19(17,18)12-6-5-11(8-16)13(14)7-12/h5-7,9-10,16H,8H2,1-4H3. The number of benzene rings is 1. The van der Waals surface area contributed by atoms with E-state index < -0.39 is 10.0 Å². The van der Waals surface area contributed by atoms with E-state index in [2.05, 4.69) is 0 Å². The Morgan fingerprint density at radius 3 is 2.32 bits per heavy atom. The Balaban J connectivity index is 3.17. The molecule has 0 aliphatic carbocycles. The van der Waals surface area contributed by atoms with Gasteiger partial charge >= 0.3 is 0 Å². The van der Waals surface area contributed by atoms with Crippen LogP contribution in [-0.2, 0) is 16.6 Å². The van der Waals surface area contributed by atoms with Crippen LogP contribution >= 0.6 is 11.6 Å². The van der Waals surface area contributed by atoms with E-state index in [9.17, 15) is 8.42 Å². The van der Waals surface area contributed by atoms with Gasteiger partial charge in [-0.2, -0.15) is 4.31 Å². The summed E-state index contributed by atoms with van der Waals surface area (Å²) in [6.07, 6.45) is 0.